The summed E-state index contributed by atoms with van der Waals surface area (Å²) in [5, 5.41) is 8.13. The zero-order chi connectivity index (χ0) is 32.1. The highest BCUT2D eigenvalue weighted by Crippen LogP contribution is 2.46. The first-order valence-corrected chi connectivity index (χ1v) is 16.3. The zero-order valence-corrected chi connectivity index (χ0v) is 28.8. The van der Waals surface area contributed by atoms with E-state index in [1.165, 1.54) is 11.1 Å². The quantitative estimate of drug-likeness (QED) is 0.101. The maximum absolute atomic E-state index is 6.52. The Balaban J connectivity index is 2.15. The number of hydrogen-bond donors (Lipinski definition) is 0. The lowest BCUT2D eigenvalue weighted by Gasteiger charge is -2.32. The fourth-order valence-electron chi connectivity index (χ4n) is 5.21. The van der Waals surface area contributed by atoms with Gasteiger partial charge in [-0.15, -0.1) is 0 Å². The van der Waals surface area contributed by atoms with Gasteiger partial charge in [-0.3, -0.25) is 0 Å². The average Bonchev–Trinajstić information content (AvgIpc) is 3.48. The molecular formula is C37H47N2O4P. The molecule has 7 heteroatoms. The summed E-state index contributed by atoms with van der Waals surface area (Å²) in [5.74, 6) is 1.70. The number of aryl methyl sites for hydroxylation is 2. The Morgan fingerprint density at radius 2 is 1.16 bits per heavy atom. The first-order valence-electron chi connectivity index (χ1n) is 15.0. The molecule has 4 aromatic rings. The molecule has 1 aromatic heterocycles. The number of benzene rings is 3. The first kappa shape index (κ1) is 33.5. The average molecular weight is 615 g/mol. The second kappa shape index (κ2) is 14.1. The van der Waals surface area contributed by atoms with Crippen molar-refractivity contribution in [3.8, 4) is 11.5 Å². The molecule has 0 aliphatic carbocycles. The van der Waals surface area contributed by atoms with Crippen LogP contribution >= 0.6 is 7.92 Å². The van der Waals surface area contributed by atoms with Gasteiger partial charge in [0, 0.05) is 53.9 Å². The monoisotopic (exact) mass is 614 g/mol. The van der Waals surface area contributed by atoms with Crippen LogP contribution in [0.25, 0.3) is 0 Å². The topological polar surface area (TPSA) is 54.2 Å². The molecule has 0 spiro atoms. The Kier molecular flexibility index (Phi) is 10.7. The lowest BCUT2D eigenvalue weighted by Crippen LogP contribution is -2.30. The molecule has 0 unspecified atom stereocenters. The van der Waals surface area contributed by atoms with E-state index in [1.54, 1.807) is 14.2 Å². The highest BCUT2D eigenvalue weighted by atomic mass is 31.1. The number of methoxy groups -OCH3 is 2. The lowest BCUT2D eigenvalue weighted by molar-refractivity contribution is 0.0506. The minimum absolute atomic E-state index is 0.146. The Morgan fingerprint density at radius 1 is 0.682 bits per heavy atom. The van der Waals surface area contributed by atoms with Gasteiger partial charge in [-0.25, -0.2) is 4.68 Å². The normalized spacial score (nSPS) is 12.3. The van der Waals surface area contributed by atoms with E-state index in [9.17, 15) is 0 Å². The van der Waals surface area contributed by atoms with Crippen LogP contribution in [0.15, 0.2) is 78.2 Å². The van der Waals surface area contributed by atoms with E-state index >= 15 is 0 Å². The smallest absolute Gasteiger partial charge is 0.188 e. The van der Waals surface area contributed by atoms with Crippen LogP contribution < -0.4 is 25.4 Å². The Morgan fingerprint density at radius 3 is 1.61 bits per heavy atom. The number of ether oxygens (including phenoxy) is 4. The molecule has 3 aromatic carbocycles. The summed E-state index contributed by atoms with van der Waals surface area (Å²) in [6, 6.07) is 21.4. The Bertz CT molecular complexity index is 1510. The van der Waals surface area contributed by atoms with Crippen molar-refractivity contribution in [2.75, 3.05) is 27.8 Å². The van der Waals surface area contributed by atoms with Crippen molar-refractivity contribution in [2.24, 2.45) is 5.10 Å². The molecule has 6 nitrogen and oxygen atoms in total. The molecule has 0 N–H and O–H groups in total. The maximum Gasteiger partial charge on any atom is 0.188 e. The van der Waals surface area contributed by atoms with Gasteiger partial charge < -0.3 is 18.9 Å². The van der Waals surface area contributed by atoms with Crippen LogP contribution in [0.2, 0.25) is 0 Å². The van der Waals surface area contributed by atoms with Crippen molar-refractivity contribution in [1.29, 1.82) is 0 Å². The van der Waals surface area contributed by atoms with Crippen LogP contribution in [0.5, 0.6) is 11.5 Å². The molecule has 0 radical (unpaired) electrons. The van der Waals surface area contributed by atoms with Crippen molar-refractivity contribution in [3.63, 3.8) is 0 Å². The minimum Gasteiger partial charge on any atom is -0.467 e. The molecule has 4 rings (SSSR count). The molecule has 44 heavy (non-hydrogen) atoms. The Labute approximate surface area is 264 Å². The van der Waals surface area contributed by atoms with Gasteiger partial charge in [0.05, 0.1) is 6.21 Å². The van der Waals surface area contributed by atoms with Crippen LogP contribution in [0, 0.1) is 13.8 Å². The van der Waals surface area contributed by atoms with Gasteiger partial charge in [-0.1, -0.05) is 77.9 Å². The van der Waals surface area contributed by atoms with Crippen molar-refractivity contribution < 1.29 is 18.9 Å². The largest absolute Gasteiger partial charge is 0.467 e. The second-order valence-electron chi connectivity index (χ2n) is 13.1. The van der Waals surface area contributed by atoms with E-state index in [0.29, 0.717) is 0 Å². The van der Waals surface area contributed by atoms with Gasteiger partial charge >= 0.3 is 0 Å². The fraction of sp³-hybridized carbons (Fsp3) is 0.378. The maximum atomic E-state index is 6.52. The molecule has 0 amide bonds. The summed E-state index contributed by atoms with van der Waals surface area (Å²) in [4.78, 5) is 0. The van der Waals surface area contributed by atoms with Crippen LogP contribution in [0.4, 0.5) is 0 Å². The molecule has 0 fully saturated rings. The summed E-state index contributed by atoms with van der Waals surface area (Å²) >= 11 is 0. The molecule has 0 aliphatic heterocycles. The van der Waals surface area contributed by atoms with E-state index in [2.05, 4.69) is 104 Å². The third kappa shape index (κ3) is 7.79. The van der Waals surface area contributed by atoms with Crippen molar-refractivity contribution >= 4 is 30.0 Å². The van der Waals surface area contributed by atoms with E-state index in [1.807, 2.05) is 35.4 Å². The highest BCUT2D eigenvalue weighted by Gasteiger charge is 2.33. The molecule has 234 valence electrons. The molecule has 0 aliphatic rings. The van der Waals surface area contributed by atoms with Crippen molar-refractivity contribution in [1.82, 2.24) is 4.68 Å². The standard InChI is InChI=1S/C37H47N2O4P/c1-26-19-29(36(3,4)5)34(42-24-40-9)32(21-26)44(31-16-12-11-15-28(31)23-38-39-17-13-14-18-39)33-22-27(2)20-30(37(6,7)8)35(33)43-25-41-10/h11-23H,24-25H2,1-10H3. The van der Waals surface area contributed by atoms with Crippen molar-refractivity contribution in [3.05, 3.63) is 101 Å². The van der Waals surface area contributed by atoms with Crippen LogP contribution in [0.3, 0.4) is 0 Å². The van der Waals surface area contributed by atoms with Crippen LogP contribution in [0.1, 0.15) is 69.4 Å². The lowest BCUT2D eigenvalue weighted by atomic mass is 9.85. The van der Waals surface area contributed by atoms with Gasteiger partial charge in [0.1, 0.15) is 11.5 Å². The predicted molar refractivity (Wildman–Crippen MR) is 184 cm³/mol. The molecule has 0 saturated carbocycles. The number of aromatic nitrogens is 1. The van der Waals surface area contributed by atoms with E-state index in [-0.39, 0.29) is 24.4 Å². The molecule has 0 atom stereocenters. The summed E-state index contributed by atoms with van der Waals surface area (Å²) in [5.41, 5.74) is 5.31. The second-order valence-corrected chi connectivity index (χ2v) is 15.2. The number of rotatable bonds is 11. The Hall–Kier alpha value is -3.44. The molecule has 1 heterocycles. The summed E-state index contributed by atoms with van der Waals surface area (Å²) in [6.45, 7) is 18.0. The predicted octanol–water partition coefficient (Wildman–Crippen LogP) is 7.31. The molecular weight excluding hydrogens is 567 g/mol. The van der Waals surface area contributed by atoms with E-state index < -0.39 is 7.92 Å². The highest BCUT2D eigenvalue weighted by molar-refractivity contribution is 7.80. The van der Waals surface area contributed by atoms with Crippen LogP contribution in [-0.2, 0) is 20.3 Å². The first-order chi connectivity index (χ1) is 20.8. The van der Waals surface area contributed by atoms with E-state index in [4.69, 9.17) is 24.0 Å². The zero-order valence-electron chi connectivity index (χ0n) is 27.9. The van der Waals surface area contributed by atoms with Gasteiger partial charge in [0.25, 0.3) is 0 Å². The summed E-state index contributed by atoms with van der Waals surface area (Å²) in [6.07, 6.45) is 5.81. The SMILES string of the molecule is COCOc1c(P(c2ccccc2C=Nn2cccc2)c2cc(C)cc(C(C)(C)C)c2OCOC)cc(C)cc1C(C)(C)C. The van der Waals surface area contributed by atoms with Gasteiger partial charge in [0.15, 0.2) is 13.6 Å². The number of hydrogen-bond acceptors (Lipinski definition) is 5. The fourth-order valence-corrected chi connectivity index (χ4v) is 8.06. The molecule has 0 saturated heterocycles. The van der Waals surface area contributed by atoms with Gasteiger partial charge in [-0.2, -0.15) is 5.10 Å². The third-order valence-electron chi connectivity index (χ3n) is 7.26. The van der Waals surface area contributed by atoms with E-state index in [0.717, 1.165) is 44.1 Å². The van der Waals surface area contributed by atoms with Gasteiger partial charge in [0.2, 0.25) is 0 Å². The minimum atomic E-state index is -1.23. The third-order valence-corrected chi connectivity index (χ3v) is 9.78. The summed E-state index contributed by atoms with van der Waals surface area (Å²) < 4.78 is 25.8. The van der Waals surface area contributed by atoms with Crippen molar-refractivity contribution in [2.45, 2.75) is 66.2 Å². The van der Waals surface area contributed by atoms with Crippen LogP contribution in [-0.4, -0.2) is 38.7 Å². The molecule has 0 bridgehead atoms. The summed E-state index contributed by atoms with van der Waals surface area (Å²) in [7, 11) is 2.09. The number of nitrogens with zero attached hydrogens (tertiary/aromatic N) is 2. The van der Waals surface area contributed by atoms with Gasteiger partial charge in [-0.05, 0) is 73.3 Å².